The van der Waals surface area contributed by atoms with E-state index in [-0.39, 0.29) is 18.0 Å². The van der Waals surface area contributed by atoms with E-state index in [0.717, 1.165) is 35.4 Å². The fraction of sp³-hybridized carbons (Fsp3) is 0.438. The highest BCUT2D eigenvalue weighted by molar-refractivity contribution is 5.88. The number of aromatic amines is 1. The molecule has 2 aromatic heterocycles. The smallest absolute Gasteiger partial charge is 0.246 e. The van der Waals surface area contributed by atoms with Crippen molar-refractivity contribution in [3.05, 3.63) is 30.7 Å². The summed E-state index contributed by atoms with van der Waals surface area (Å²) >= 11 is 0. The monoisotopic (exact) mass is 299 g/mol. The molecule has 2 aromatic rings. The van der Waals surface area contributed by atoms with E-state index < -0.39 is 0 Å². The number of nitrogens with one attached hydrogen (secondary N) is 2. The molecule has 6 nitrogen and oxygen atoms in total. The molecule has 2 N–H and O–H groups in total. The lowest BCUT2D eigenvalue weighted by atomic mass is 9.99. The van der Waals surface area contributed by atoms with Gasteiger partial charge in [0.15, 0.2) is 0 Å². The van der Waals surface area contributed by atoms with E-state index >= 15 is 0 Å². The molecule has 22 heavy (non-hydrogen) atoms. The first-order valence-corrected chi connectivity index (χ1v) is 7.58. The zero-order chi connectivity index (χ0) is 15.7. The maximum Gasteiger partial charge on any atom is 0.246 e. The number of aromatic nitrogens is 3. The Balaban J connectivity index is 1.80. The second-order valence-corrected chi connectivity index (χ2v) is 5.90. The Morgan fingerprint density at radius 3 is 3.09 bits per heavy atom. The summed E-state index contributed by atoms with van der Waals surface area (Å²) in [5.74, 6) is 0.809. The number of H-pyrrole nitrogens is 1. The highest BCUT2D eigenvalue weighted by Crippen LogP contribution is 2.24. The number of aryl methyl sites for hydroxylation is 1. The van der Waals surface area contributed by atoms with Crippen LogP contribution in [0.2, 0.25) is 0 Å². The average molecular weight is 299 g/mol. The Morgan fingerprint density at radius 2 is 2.32 bits per heavy atom. The molecule has 0 radical (unpaired) electrons. The van der Waals surface area contributed by atoms with E-state index in [9.17, 15) is 4.79 Å². The molecule has 0 saturated carbocycles. The van der Waals surface area contributed by atoms with Crippen molar-refractivity contribution in [1.82, 2.24) is 19.9 Å². The van der Waals surface area contributed by atoms with Crippen LogP contribution in [0.4, 0.5) is 5.82 Å². The van der Waals surface area contributed by atoms with Crippen LogP contribution in [-0.4, -0.2) is 44.4 Å². The van der Waals surface area contributed by atoms with E-state index in [1.54, 1.807) is 6.33 Å². The summed E-state index contributed by atoms with van der Waals surface area (Å²) in [5.41, 5.74) is 1.89. The molecule has 0 aromatic carbocycles. The summed E-state index contributed by atoms with van der Waals surface area (Å²) in [4.78, 5) is 25.6. The van der Waals surface area contributed by atoms with Crippen molar-refractivity contribution in [2.45, 2.75) is 38.8 Å². The fourth-order valence-electron chi connectivity index (χ4n) is 3.03. The number of piperidine rings is 1. The van der Waals surface area contributed by atoms with Gasteiger partial charge in [-0.3, -0.25) is 4.79 Å². The first kappa shape index (κ1) is 14.6. The van der Waals surface area contributed by atoms with Gasteiger partial charge in [0.2, 0.25) is 5.91 Å². The second-order valence-electron chi connectivity index (χ2n) is 5.90. The molecule has 1 aliphatic heterocycles. The summed E-state index contributed by atoms with van der Waals surface area (Å²) < 4.78 is 0. The van der Waals surface area contributed by atoms with Gasteiger partial charge in [-0.25, -0.2) is 9.97 Å². The third-order valence-electron chi connectivity index (χ3n) is 4.24. The molecule has 0 bridgehead atoms. The van der Waals surface area contributed by atoms with Gasteiger partial charge in [0, 0.05) is 24.3 Å². The minimum absolute atomic E-state index is 0.00989. The van der Waals surface area contributed by atoms with Gasteiger partial charge < -0.3 is 15.2 Å². The SMILES string of the molecule is C=CC(=O)N1C[C@H](Nc2ncnc3[nH]c(C)cc23)CC[C@@H]1C. The zero-order valence-corrected chi connectivity index (χ0v) is 13.0. The van der Waals surface area contributed by atoms with Crippen LogP contribution in [0.15, 0.2) is 25.0 Å². The van der Waals surface area contributed by atoms with Crippen LogP contribution in [0.25, 0.3) is 11.0 Å². The molecule has 1 amide bonds. The van der Waals surface area contributed by atoms with E-state index in [1.165, 1.54) is 6.08 Å². The number of anilines is 1. The summed E-state index contributed by atoms with van der Waals surface area (Å²) in [5, 5.41) is 4.45. The van der Waals surface area contributed by atoms with Crippen LogP contribution < -0.4 is 5.32 Å². The van der Waals surface area contributed by atoms with Gasteiger partial charge in [0.25, 0.3) is 0 Å². The number of carbonyl (C=O) groups is 1. The normalized spacial score (nSPS) is 21.8. The quantitative estimate of drug-likeness (QED) is 0.853. The van der Waals surface area contributed by atoms with Crippen molar-refractivity contribution in [3.8, 4) is 0 Å². The number of hydrogen-bond acceptors (Lipinski definition) is 4. The Hall–Kier alpha value is -2.37. The zero-order valence-electron chi connectivity index (χ0n) is 13.0. The molecule has 116 valence electrons. The molecule has 6 heteroatoms. The Kier molecular flexibility index (Phi) is 3.83. The third kappa shape index (κ3) is 2.68. The number of likely N-dealkylation sites (tertiary alicyclic amines) is 1. The van der Waals surface area contributed by atoms with Crippen molar-refractivity contribution in [2.75, 3.05) is 11.9 Å². The van der Waals surface area contributed by atoms with Crippen LogP contribution in [0.5, 0.6) is 0 Å². The van der Waals surface area contributed by atoms with Crippen LogP contribution in [0, 0.1) is 6.92 Å². The predicted octanol–water partition coefficient (Wildman–Crippen LogP) is 2.24. The molecule has 1 saturated heterocycles. The number of nitrogens with zero attached hydrogens (tertiary/aromatic N) is 3. The molecule has 1 fully saturated rings. The van der Waals surface area contributed by atoms with Gasteiger partial charge in [0.05, 0.1) is 5.39 Å². The third-order valence-corrected chi connectivity index (χ3v) is 4.24. The molecule has 0 aliphatic carbocycles. The second kappa shape index (κ2) is 5.79. The maximum atomic E-state index is 11.9. The van der Waals surface area contributed by atoms with Gasteiger partial charge in [-0.15, -0.1) is 0 Å². The molecular formula is C16H21N5O. The molecule has 1 aliphatic rings. The van der Waals surface area contributed by atoms with E-state index in [4.69, 9.17) is 0 Å². The van der Waals surface area contributed by atoms with Gasteiger partial charge in [-0.05, 0) is 38.8 Å². The number of rotatable bonds is 3. The highest BCUT2D eigenvalue weighted by atomic mass is 16.2. The topological polar surface area (TPSA) is 73.9 Å². The number of amides is 1. The summed E-state index contributed by atoms with van der Waals surface area (Å²) in [6.07, 6.45) is 4.92. The lowest BCUT2D eigenvalue weighted by molar-refractivity contribution is -0.129. The van der Waals surface area contributed by atoms with Gasteiger partial charge in [-0.1, -0.05) is 6.58 Å². The van der Waals surface area contributed by atoms with Crippen LogP contribution >= 0.6 is 0 Å². The molecule has 3 heterocycles. The van der Waals surface area contributed by atoms with Crippen LogP contribution in [-0.2, 0) is 4.79 Å². The summed E-state index contributed by atoms with van der Waals surface area (Å²) in [7, 11) is 0. The van der Waals surface area contributed by atoms with Crippen LogP contribution in [0.3, 0.4) is 0 Å². The molecular weight excluding hydrogens is 278 g/mol. The first-order valence-electron chi connectivity index (χ1n) is 7.58. The number of hydrogen-bond donors (Lipinski definition) is 2. The van der Waals surface area contributed by atoms with Crippen molar-refractivity contribution in [1.29, 1.82) is 0 Å². The Labute approximate surface area is 129 Å². The van der Waals surface area contributed by atoms with E-state index in [2.05, 4.69) is 33.8 Å². The standard InChI is InChI=1S/C16H21N5O/c1-4-14(22)21-8-12(6-5-11(21)3)20-16-13-7-10(2)19-15(13)17-9-18-16/h4,7,9,11-12H,1,5-6,8H2,2-3H3,(H2,17,18,19,20)/t11-,12+/m0/s1. The van der Waals surface area contributed by atoms with Crippen molar-refractivity contribution in [3.63, 3.8) is 0 Å². The van der Waals surface area contributed by atoms with Crippen LogP contribution in [0.1, 0.15) is 25.5 Å². The van der Waals surface area contributed by atoms with Crippen molar-refractivity contribution >= 4 is 22.8 Å². The molecule has 0 unspecified atom stereocenters. The van der Waals surface area contributed by atoms with Gasteiger partial charge in [-0.2, -0.15) is 0 Å². The summed E-state index contributed by atoms with van der Waals surface area (Å²) in [6.45, 7) is 8.33. The van der Waals surface area contributed by atoms with Gasteiger partial charge >= 0.3 is 0 Å². The number of fused-ring (bicyclic) bond motifs is 1. The van der Waals surface area contributed by atoms with Gasteiger partial charge in [0.1, 0.15) is 17.8 Å². The fourth-order valence-corrected chi connectivity index (χ4v) is 3.03. The lowest BCUT2D eigenvalue weighted by Gasteiger charge is -2.38. The minimum atomic E-state index is -0.00989. The van der Waals surface area contributed by atoms with E-state index in [0.29, 0.717) is 6.54 Å². The molecule has 2 atom stereocenters. The average Bonchev–Trinajstić information content (AvgIpc) is 2.90. The lowest BCUT2D eigenvalue weighted by Crippen LogP contribution is -2.49. The summed E-state index contributed by atoms with van der Waals surface area (Å²) in [6, 6.07) is 2.48. The Morgan fingerprint density at radius 1 is 1.50 bits per heavy atom. The first-order chi connectivity index (χ1) is 10.6. The molecule has 3 rings (SSSR count). The molecule has 0 spiro atoms. The predicted molar refractivity (Wildman–Crippen MR) is 86.6 cm³/mol. The van der Waals surface area contributed by atoms with Crippen molar-refractivity contribution in [2.24, 2.45) is 0 Å². The Bertz CT molecular complexity index is 708. The van der Waals surface area contributed by atoms with Crippen molar-refractivity contribution < 1.29 is 4.79 Å². The maximum absolute atomic E-state index is 11.9. The largest absolute Gasteiger partial charge is 0.365 e. The highest BCUT2D eigenvalue weighted by Gasteiger charge is 2.28. The van der Waals surface area contributed by atoms with E-state index in [1.807, 2.05) is 17.9 Å². The number of carbonyl (C=O) groups excluding carboxylic acids is 1. The minimum Gasteiger partial charge on any atom is -0.365 e.